The second-order valence-corrected chi connectivity index (χ2v) is 6.82. The average Bonchev–Trinajstić information content (AvgIpc) is 2.64. The molecule has 0 bridgehead atoms. The van der Waals surface area contributed by atoms with Gasteiger partial charge in [0.1, 0.15) is 12.1 Å². The third-order valence-corrected chi connectivity index (χ3v) is 5.06. The lowest BCUT2D eigenvalue weighted by Gasteiger charge is -2.29. The van der Waals surface area contributed by atoms with Crippen LogP contribution in [-0.4, -0.2) is 106 Å². The number of carboxylic acids is 2. The van der Waals surface area contributed by atoms with Gasteiger partial charge in [-0.05, 0) is 20.1 Å². The Balaban J connectivity index is 2.88. The van der Waals surface area contributed by atoms with E-state index in [4.69, 9.17) is 0 Å². The molecule has 8 nitrogen and oxygen atoms in total. The highest BCUT2D eigenvalue weighted by Gasteiger charge is 2.27. The number of aliphatic carboxylic acids is 2. The second-order valence-electron chi connectivity index (χ2n) is 5.95. The molecule has 0 spiro atoms. The molecule has 1 fully saturated rings. The molecular weight excluding hydrogens is 334 g/mol. The van der Waals surface area contributed by atoms with Gasteiger partial charge in [-0.1, -0.05) is 11.8 Å². The van der Waals surface area contributed by atoms with Crippen LogP contribution >= 0.6 is 11.8 Å². The Bertz CT molecular complexity index is 430. The predicted molar refractivity (Wildman–Crippen MR) is 92.3 cm³/mol. The Hall–Kier alpha value is -1.16. The Labute approximate surface area is 146 Å². The molecule has 1 heterocycles. The minimum absolute atomic E-state index is 0.0462. The molecule has 2 N–H and O–H groups in total. The summed E-state index contributed by atoms with van der Waals surface area (Å²) in [5.41, 5.74) is 0. The van der Waals surface area contributed by atoms with Crippen molar-refractivity contribution in [3.8, 4) is 0 Å². The van der Waals surface area contributed by atoms with Crippen molar-refractivity contribution in [2.24, 2.45) is 0 Å². The number of thioether (sulfide) groups is 1. The normalized spacial score (nSPS) is 21.3. The van der Waals surface area contributed by atoms with Crippen LogP contribution in [0.3, 0.4) is 0 Å². The van der Waals surface area contributed by atoms with Crippen molar-refractivity contribution in [3.63, 3.8) is 0 Å². The van der Waals surface area contributed by atoms with Gasteiger partial charge >= 0.3 is 11.9 Å². The van der Waals surface area contributed by atoms with Crippen molar-refractivity contribution in [2.45, 2.75) is 25.9 Å². The third kappa shape index (κ3) is 6.39. The maximum Gasteiger partial charge on any atom is 0.320 e. The number of hydrogen-bond acceptors (Lipinski definition) is 7. The topological polar surface area (TPSA) is 101 Å². The SMILES string of the molecule is CSC(=O)CN1CCN(C(C)C(=O)O)CCN(C(C)C(=O)O)CC1. The second kappa shape index (κ2) is 9.97. The predicted octanol–water partition coefficient (Wildman–Crippen LogP) is -0.258. The van der Waals surface area contributed by atoms with E-state index in [0.29, 0.717) is 39.3 Å². The van der Waals surface area contributed by atoms with Gasteiger partial charge in [0, 0.05) is 39.3 Å². The van der Waals surface area contributed by atoms with Crippen molar-refractivity contribution in [2.75, 3.05) is 52.1 Å². The first kappa shape index (κ1) is 20.9. The van der Waals surface area contributed by atoms with Gasteiger partial charge in [-0.25, -0.2) is 0 Å². The van der Waals surface area contributed by atoms with Crippen LogP contribution in [0.25, 0.3) is 0 Å². The van der Waals surface area contributed by atoms with Gasteiger partial charge in [0.05, 0.1) is 6.54 Å². The molecule has 2 atom stereocenters. The molecule has 0 aliphatic carbocycles. The fourth-order valence-corrected chi connectivity index (χ4v) is 2.94. The summed E-state index contributed by atoms with van der Waals surface area (Å²) in [5, 5.41) is 18.6. The van der Waals surface area contributed by atoms with Gasteiger partial charge in [0.2, 0.25) is 5.12 Å². The number of rotatable bonds is 6. The van der Waals surface area contributed by atoms with Crippen LogP contribution in [0.2, 0.25) is 0 Å². The molecule has 9 heteroatoms. The van der Waals surface area contributed by atoms with E-state index in [9.17, 15) is 24.6 Å². The van der Waals surface area contributed by atoms with E-state index in [1.54, 1.807) is 20.1 Å². The van der Waals surface area contributed by atoms with Gasteiger partial charge in [-0.2, -0.15) is 0 Å². The molecule has 1 saturated heterocycles. The molecular formula is C15H27N3O5S. The van der Waals surface area contributed by atoms with Gasteiger partial charge in [0.15, 0.2) is 0 Å². The lowest BCUT2D eigenvalue weighted by Crippen LogP contribution is -2.47. The maximum absolute atomic E-state index is 11.7. The minimum atomic E-state index is -0.904. The van der Waals surface area contributed by atoms with Crippen LogP contribution in [0.1, 0.15) is 13.8 Å². The standard InChI is InChI=1S/C15H27N3O5S/c1-11(14(20)21)17-6-4-16(10-13(19)24-3)5-7-18(9-8-17)12(2)15(22)23/h11-12H,4-10H2,1-3H3,(H,20,21)(H,22,23). The zero-order chi connectivity index (χ0) is 18.3. The first-order chi connectivity index (χ1) is 11.3. The number of carbonyl (C=O) groups is 3. The van der Waals surface area contributed by atoms with E-state index >= 15 is 0 Å². The lowest BCUT2D eigenvalue weighted by atomic mass is 10.2. The zero-order valence-corrected chi connectivity index (χ0v) is 15.3. The number of carbonyl (C=O) groups excluding carboxylic acids is 1. The summed E-state index contributed by atoms with van der Waals surface area (Å²) in [6.07, 6.45) is 1.73. The zero-order valence-electron chi connectivity index (χ0n) is 14.5. The molecule has 0 aromatic heterocycles. The largest absolute Gasteiger partial charge is 0.480 e. The van der Waals surface area contributed by atoms with Crippen molar-refractivity contribution in [3.05, 3.63) is 0 Å². The third-order valence-electron chi connectivity index (χ3n) is 4.47. The summed E-state index contributed by atoms with van der Waals surface area (Å²) >= 11 is 1.16. The molecule has 0 aromatic carbocycles. The van der Waals surface area contributed by atoms with Gasteiger partial charge < -0.3 is 10.2 Å². The van der Waals surface area contributed by atoms with Crippen LogP contribution in [0.5, 0.6) is 0 Å². The first-order valence-corrected chi connectivity index (χ1v) is 9.21. The molecule has 24 heavy (non-hydrogen) atoms. The van der Waals surface area contributed by atoms with E-state index in [0.717, 1.165) is 11.8 Å². The van der Waals surface area contributed by atoms with Crippen molar-refractivity contribution < 1.29 is 24.6 Å². The van der Waals surface area contributed by atoms with Crippen LogP contribution in [0.4, 0.5) is 0 Å². The summed E-state index contributed by atoms with van der Waals surface area (Å²) in [5.74, 6) is -1.81. The van der Waals surface area contributed by atoms with Crippen molar-refractivity contribution in [1.29, 1.82) is 0 Å². The Morgan fingerprint density at radius 2 is 1.25 bits per heavy atom. The monoisotopic (exact) mass is 361 g/mol. The molecule has 0 radical (unpaired) electrons. The van der Waals surface area contributed by atoms with E-state index in [1.807, 2.05) is 14.7 Å². The number of nitrogens with zero attached hydrogens (tertiary/aromatic N) is 3. The van der Waals surface area contributed by atoms with E-state index in [-0.39, 0.29) is 11.7 Å². The summed E-state index contributed by atoms with van der Waals surface area (Å²) in [6.45, 7) is 6.73. The minimum Gasteiger partial charge on any atom is -0.480 e. The van der Waals surface area contributed by atoms with Crippen molar-refractivity contribution in [1.82, 2.24) is 14.7 Å². The average molecular weight is 361 g/mol. The summed E-state index contributed by atoms with van der Waals surface area (Å²) in [4.78, 5) is 39.9. The fraction of sp³-hybridized carbons (Fsp3) is 0.800. The summed E-state index contributed by atoms with van der Waals surface area (Å²) < 4.78 is 0. The van der Waals surface area contributed by atoms with Crippen LogP contribution < -0.4 is 0 Å². The van der Waals surface area contributed by atoms with Gasteiger partial charge in [-0.15, -0.1) is 0 Å². The highest BCUT2D eigenvalue weighted by atomic mass is 32.2. The van der Waals surface area contributed by atoms with E-state index in [2.05, 4.69) is 0 Å². The maximum atomic E-state index is 11.7. The van der Waals surface area contributed by atoms with E-state index in [1.165, 1.54) is 0 Å². The van der Waals surface area contributed by atoms with Crippen LogP contribution in [-0.2, 0) is 14.4 Å². The molecule has 1 aliphatic rings. The van der Waals surface area contributed by atoms with Crippen LogP contribution in [0.15, 0.2) is 0 Å². The molecule has 2 unspecified atom stereocenters. The summed E-state index contributed by atoms with van der Waals surface area (Å²) in [6, 6.07) is -1.30. The quantitative estimate of drug-likeness (QED) is 0.662. The number of hydrogen-bond donors (Lipinski definition) is 2. The lowest BCUT2D eigenvalue weighted by molar-refractivity contribution is -0.144. The smallest absolute Gasteiger partial charge is 0.320 e. The number of carboxylic acid groups (broad SMARTS) is 2. The first-order valence-electron chi connectivity index (χ1n) is 7.99. The van der Waals surface area contributed by atoms with Gasteiger partial charge in [0.25, 0.3) is 0 Å². The molecule has 1 aliphatic heterocycles. The highest BCUT2D eigenvalue weighted by Crippen LogP contribution is 2.09. The fourth-order valence-electron chi connectivity index (χ4n) is 2.62. The molecule has 0 amide bonds. The molecule has 0 saturated carbocycles. The molecule has 1 rings (SSSR count). The summed E-state index contributed by atoms with van der Waals surface area (Å²) in [7, 11) is 0. The Kier molecular flexibility index (Phi) is 8.68. The van der Waals surface area contributed by atoms with E-state index < -0.39 is 24.0 Å². The Morgan fingerprint density at radius 3 is 1.58 bits per heavy atom. The highest BCUT2D eigenvalue weighted by molar-refractivity contribution is 8.13. The molecule has 0 aromatic rings. The van der Waals surface area contributed by atoms with Gasteiger partial charge in [-0.3, -0.25) is 29.1 Å². The van der Waals surface area contributed by atoms with Crippen molar-refractivity contribution >= 4 is 28.8 Å². The Morgan fingerprint density at radius 1 is 0.875 bits per heavy atom. The molecule has 138 valence electrons. The van der Waals surface area contributed by atoms with Crippen LogP contribution in [0, 0.1) is 0 Å².